The Morgan fingerprint density at radius 1 is 1.12 bits per heavy atom. The van der Waals surface area contributed by atoms with Crippen LogP contribution in [-0.4, -0.2) is 28.7 Å². The quantitative estimate of drug-likeness (QED) is 0.795. The van der Waals surface area contributed by atoms with Gasteiger partial charge in [-0.1, -0.05) is 42.5 Å². The van der Waals surface area contributed by atoms with Crippen LogP contribution < -0.4 is 0 Å². The van der Waals surface area contributed by atoms with E-state index in [1.54, 1.807) is 0 Å². The molecule has 86 valence electrons. The summed E-state index contributed by atoms with van der Waals surface area (Å²) in [6.07, 6.45) is 3.12. The van der Waals surface area contributed by atoms with Gasteiger partial charge in [0.2, 0.25) is 0 Å². The molecule has 1 aromatic carbocycles. The zero-order valence-electron chi connectivity index (χ0n) is 8.99. The van der Waals surface area contributed by atoms with Crippen molar-refractivity contribution in [3.8, 4) is 0 Å². The third kappa shape index (κ3) is 3.17. The first-order valence-corrected chi connectivity index (χ1v) is 5.49. The van der Waals surface area contributed by atoms with E-state index in [0.29, 0.717) is 12.8 Å². The van der Waals surface area contributed by atoms with Crippen molar-refractivity contribution in [3.63, 3.8) is 0 Å². The number of aliphatic hydroxyl groups excluding tert-OH is 2. The summed E-state index contributed by atoms with van der Waals surface area (Å²) in [6.45, 7) is 0. The fourth-order valence-electron chi connectivity index (χ4n) is 1.82. The molecule has 0 radical (unpaired) electrons. The normalized spacial score (nSPS) is 30.8. The predicted octanol–water partition coefficient (Wildman–Crippen LogP) is 1.56. The van der Waals surface area contributed by atoms with Crippen LogP contribution in [0.2, 0.25) is 0 Å². The molecule has 1 aliphatic heterocycles. The molecule has 0 aliphatic carbocycles. The van der Waals surface area contributed by atoms with Gasteiger partial charge in [-0.15, -0.1) is 0 Å². The van der Waals surface area contributed by atoms with Gasteiger partial charge in [0.1, 0.15) is 0 Å². The molecule has 1 saturated heterocycles. The molecule has 1 aliphatic rings. The lowest BCUT2D eigenvalue weighted by Crippen LogP contribution is -2.34. The first kappa shape index (κ1) is 11.3. The van der Waals surface area contributed by atoms with E-state index >= 15 is 0 Å². The van der Waals surface area contributed by atoms with E-state index in [1.165, 1.54) is 0 Å². The molecule has 3 atom stereocenters. The molecule has 0 aromatic heterocycles. The largest absolute Gasteiger partial charge is 0.393 e. The smallest absolute Gasteiger partial charge is 0.157 e. The second-order valence-electron chi connectivity index (χ2n) is 4.02. The lowest BCUT2D eigenvalue weighted by atomic mass is 10.0. The fraction of sp³-hybridized carbons (Fsp3) is 0.385. The lowest BCUT2D eigenvalue weighted by molar-refractivity contribution is -0.175. The minimum atomic E-state index is -0.853. The summed E-state index contributed by atoms with van der Waals surface area (Å²) in [5, 5.41) is 18.8. The maximum Gasteiger partial charge on any atom is 0.157 e. The Hall–Kier alpha value is -1.16. The average molecular weight is 220 g/mol. The second-order valence-corrected chi connectivity index (χ2v) is 4.02. The van der Waals surface area contributed by atoms with Gasteiger partial charge >= 0.3 is 0 Å². The third-order valence-corrected chi connectivity index (χ3v) is 2.61. The van der Waals surface area contributed by atoms with E-state index in [0.717, 1.165) is 5.56 Å². The summed E-state index contributed by atoms with van der Waals surface area (Å²) >= 11 is 0. The number of hydrogen-bond acceptors (Lipinski definition) is 3. The van der Waals surface area contributed by atoms with Crippen molar-refractivity contribution in [1.29, 1.82) is 0 Å². The summed E-state index contributed by atoms with van der Waals surface area (Å²) < 4.78 is 5.29. The van der Waals surface area contributed by atoms with Crippen LogP contribution in [0.5, 0.6) is 0 Å². The highest BCUT2D eigenvalue weighted by atomic mass is 16.6. The number of aliphatic hydroxyl groups is 2. The molecule has 0 spiro atoms. The minimum absolute atomic E-state index is 0.209. The van der Waals surface area contributed by atoms with Crippen LogP contribution in [0.3, 0.4) is 0 Å². The summed E-state index contributed by atoms with van der Waals surface area (Å²) in [4.78, 5) is 0. The molecule has 2 rings (SSSR count). The zero-order valence-corrected chi connectivity index (χ0v) is 8.99. The molecule has 1 unspecified atom stereocenters. The van der Waals surface area contributed by atoms with Gasteiger partial charge in [0, 0.05) is 12.8 Å². The number of hydrogen-bond donors (Lipinski definition) is 2. The second kappa shape index (κ2) is 5.25. The van der Waals surface area contributed by atoms with E-state index in [-0.39, 0.29) is 6.10 Å². The standard InChI is InChI=1S/C13H16O3/c14-11-8-12(16-13(15)9-11)7-6-10-4-2-1-3-5-10/h1-7,11-15H,8-9H2/b7-6+/t11-,12+,13?/m1/s1. The SMILES string of the molecule is OC1C[C@H](O)C[C@H](/C=C/c2ccccc2)O1. The summed E-state index contributed by atoms with van der Waals surface area (Å²) in [5.41, 5.74) is 1.08. The van der Waals surface area contributed by atoms with Gasteiger partial charge in [0.05, 0.1) is 12.2 Å². The molecule has 0 amide bonds. The van der Waals surface area contributed by atoms with Gasteiger partial charge in [-0.05, 0) is 5.56 Å². The van der Waals surface area contributed by atoms with E-state index in [9.17, 15) is 10.2 Å². The predicted molar refractivity (Wildman–Crippen MR) is 61.6 cm³/mol. The zero-order chi connectivity index (χ0) is 11.4. The van der Waals surface area contributed by atoms with Gasteiger partial charge in [-0.25, -0.2) is 0 Å². The Labute approximate surface area is 95.0 Å². The third-order valence-electron chi connectivity index (χ3n) is 2.61. The van der Waals surface area contributed by atoms with Crippen molar-refractivity contribution in [1.82, 2.24) is 0 Å². The van der Waals surface area contributed by atoms with Crippen molar-refractivity contribution in [2.75, 3.05) is 0 Å². The minimum Gasteiger partial charge on any atom is -0.393 e. The molecule has 3 heteroatoms. The van der Waals surface area contributed by atoms with E-state index in [1.807, 2.05) is 42.5 Å². The molecule has 1 heterocycles. The van der Waals surface area contributed by atoms with Crippen LogP contribution in [0.15, 0.2) is 36.4 Å². The fourth-order valence-corrected chi connectivity index (χ4v) is 1.82. The van der Waals surface area contributed by atoms with Gasteiger partial charge in [0.25, 0.3) is 0 Å². The first-order valence-electron chi connectivity index (χ1n) is 5.49. The lowest BCUT2D eigenvalue weighted by Gasteiger charge is -2.28. The molecular formula is C13H16O3. The van der Waals surface area contributed by atoms with Crippen molar-refractivity contribution < 1.29 is 14.9 Å². The van der Waals surface area contributed by atoms with Crippen LogP contribution in [0, 0.1) is 0 Å². The average Bonchev–Trinajstić information content (AvgIpc) is 2.27. The van der Waals surface area contributed by atoms with E-state index in [4.69, 9.17) is 4.74 Å². The summed E-state index contributed by atoms with van der Waals surface area (Å²) in [5.74, 6) is 0. The molecule has 0 bridgehead atoms. The van der Waals surface area contributed by atoms with Gasteiger partial charge < -0.3 is 14.9 Å². The van der Waals surface area contributed by atoms with Crippen LogP contribution in [0.4, 0.5) is 0 Å². The van der Waals surface area contributed by atoms with Crippen LogP contribution in [0.25, 0.3) is 6.08 Å². The highest BCUT2D eigenvalue weighted by Gasteiger charge is 2.24. The first-order chi connectivity index (χ1) is 7.74. The van der Waals surface area contributed by atoms with Crippen LogP contribution in [0.1, 0.15) is 18.4 Å². The number of benzene rings is 1. The number of rotatable bonds is 2. The number of ether oxygens (including phenoxy) is 1. The van der Waals surface area contributed by atoms with Gasteiger partial charge in [-0.3, -0.25) is 0 Å². The topological polar surface area (TPSA) is 49.7 Å². The van der Waals surface area contributed by atoms with Gasteiger partial charge in [0.15, 0.2) is 6.29 Å². The Balaban J connectivity index is 1.96. The maximum absolute atomic E-state index is 9.47. The molecular weight excluding hydrogens is 204 g/mol. The maximum atomic E-state index is 9.47. The van der Waals surface area contributed by atoms with E-state index in [2.05, 4.69) is 0 Å². The highest BCUT2D eigenvalue weighted by Crippen LogP contribution is 2.19. The van der Waals surface area contributed by atoms with Crippen LogP contribution >= 0.6 is 0 Å². The van der Waals surface area contributed by atoms with Crippen molar-refractivity contribution in [2.45, 2.75) is 31.3 Å². The Bertz CT molecular complexity index is 337. The Morgan fingerprint density at radius 2 is 1.88 bits per heavy atom. The van der Waals surface area contributed by atoms with Gasteiger partial charge in [-0.2, -0.15) is 0 Å². The van der Waals surface area contributed by atoms with Crippen molar-refractivity contribution in [2.24, 2.45) is 0 Å². The summed E-state index contributed by atoms with van der Waals surface area (Å²) in [7, 11) is 0. The molecule has 16 heavy (non-hydrogen) atoms. The molecule has 0 saturated carbocycles. The van der Waals surface area contributed by atoms with Crippen LogP contribution in [-0.2, 0) is 4.74 Å². The molecule has 3 nitrogen and oxygen atoms in total. The Kier molecular flexibility index (Phi) is 3.72. The van der Waals surface area contributed by atoms with E-state index < -0.39 is 12.4 Å². The molecule has 2 N–H and O–H groups in total. The Morgan fingerprint density at radius 3 is 2.56 bits per heavy atom. The van der Waals surface area contributed by atoms with Crippen molar-refractivity contribution >= 4 is 6.08 Å². The summed E-state index contributed by atoms with van der Waals surface area (Å²) in [6, 6.07) is 9.87. The molecule has 1 fully saturated rings. The highest BCUT2D eigenvalue weighted by molar-refractivity contribution is 5.49. The molecule has 1 aromatic rings. The monoisotopic (exact) mass is 220 g/mol. The van der Waals surface area contributed by atoms with Crippen molar-refractivity contribution in [3.05, 3.63) is 42.0 Å².